The van der Waals surface area contributed by atoms with E-state index < -0.39 is 12.2 Å². The minimum absolute atomic E-state index is 0.163. The maximum atomic E-state index is 11.2. The van der Waals surface area contributed by atoms with Gasteiger partial charge < -0.3 is 20.3 Å². The predicted octanol–water partition coefficient (Wildman–Crippen LogP) is 1.16. The summed E-state index contributed by atoms with van der Waals surface area (Å²) in [6.45, 7) is 4.86. The molecule has 0 bridgehead atoms. The molecule has 0 aromatic heterocycles. The van der Waals surface area contributed by atoms with Crippen LogP contribution in [0.15, 0.2) is 11.8 Å². The van der Waals surface area contributed by atoms with Crippen molar-refractivity contribution in [3.63, 3.8) is 0 Å². The minimum atomic E-state index is -0.552. The van der Waals surface area contributed by atoms with Crippen molar-refractivity contribution in [3.05, 3.63) is 11.8 Å². The molecule has 0 aliphatic carbocycles. The summed E-state index contributed by atoms with van der Waals surface area (Å²) in [4.78, 5) is 11.2. The molecule has 3 N–H and O–H groups in total. The molecule has 18 heavy (non-hydrogen) atoms. The second-order valence-electron chi connectivity index (χ2n) is 4.89. The van der Waals surface area contributed by atoms with E-state index in [2.05, 4.69) is 13.8 Å². The van der Waals surface area contributed by atoms with Gasteiger partial charge in [0.15, 0.2) is 5.76 Å². The Morgan fingerprint density at radius 3 is 2.89 bits per heavy atom. The molecule has 2 atom stereocenters. The van der Waals surface area contributed by atoms with Crippen molar-refractivity contribution in [2.24, 2.45) is 17.6 Å². The summed E-state index contributed by atoms with van der Waals surface area (Å²) < 4.78 is 11.0. The van der Waals surface area contributed by atoms with Crippen molar-refractivity contribution in [2.75, 3.05) is 13.2 Å². The Morgan fingerprint density at radius 1 is 1.61 bits per heavy atom. The van der Waals surface area contributed by atoms with Crippen LogP contribution < -0.4 is 5.73 Å². The number of rotatable bonds is 7. The zero-order valence-electron chi connectivity index (χ0n) is 11.1. The van der Waals surface area contributed by atoms with Gasteiger partial charge in [-0.2, -0.15) is 0 Å². The lowest BCUT2D eigenvalue weighted by Crippen LogP contribution is -2.32. The molecule has 104 valence electrons. The Morgan fingerprint density at radius 2 is 2.33 bits per heavy atom. The number of primary amides is 1. The van der Waals surface area contributed by atoms with Gasteiger partial charge in [0, 0.05) is 13.0 Å². The van der Waals surface area contributed by atoms with Crippen LogP contribution in [0.25, 0.3) is 0 Å². The third-order valence-corrected chi connectivity index (χ3v) is 3.04. The minimum Gasteiger partial charge on any atom is -0.459 e. The van der Waals surface area contributed by atoms with Crippen molar-refractivity contribution >= 4 is 5.91 Å². The van der Waals surface area contributed by atoms with Gasteiger partial charge in [-0.15, -0.1) is 0 Å². The first kappa shape index (κ1) is 15.0. The molecular weight excluding hydrogens is 234 g/mol. The van der Waals surface area contributed by atoms with Crippen LogP contribution in [0.1, 0.15) is 33.1 Å². The Balaban J connectivity index is 2.51. The fourth-order valence-electron chi connectivity index (χ4n) is 1.85. The van der Waals surface area contributed by atoms with E-state index in [1.165, 1.54) is 0 Å². The number of ether oxygens (including phenoxy) is 2. The van der Waals surface area contributed by atoms with Gasteiger partial charge in [0.1, 0.15) is 0 Å². The Kier molecular flexibility index (Phi) is 6.15. The highest BCUT2D eigenvalue weighted by molar-refractivity contribution is 5.90. The van der Waals surface area contributed by atoms with Crippen LogP contribution in [0.4, 0.5) is 0 Å². The van der Waals surface area contributed by atoms with E-state index in [1.807, 2.05) is 0 Å². The fraction of sp³-hybridized carbons (Fsp3) is 0.769. The van der Waals surface area contributed by atoms with Crippen molar-refractivity contribution in [3.8, 4) is 0 Å². The normalized spacial score (nSPS) is 23.7. The lowest BCUT2D eigenvalue weighted by Gasteiger charge is -2.30. The maximum Gasteiger partial charge on any atom is 0.283 e. The SMILES string of the molecule is CC(C)[C@@H]1C=C(C(N)=O)O[C@H](OCCCCO)C1. The molecule has 1 heterocycles. The zero-order valence-corrected chi connectivity index (χ0v) is 11.1. The molecule has 0 aromatic carbocycles. The summed E-state index contributed by atoms with van der Waals surface area (Å²) >= 11 is 0. The summed E-state index contributed by atoms with van der Waals surface area (Å²) in [7, 11) is 0. The molecule has 0 saturated heterocycles. The largest absolute Gasteiger partial charge is 0.459 e. The van der Waals surface area contributed by atoms with Crippen molar-refractivity contribution in [1.29, 1.82) is 0 Å². The van der Waals surface area contributed by atoms with Gasteiger partial charge in [-0.05, 0) is 30.8 Å². The van der Waals surface area contributed by atoms with E-state index >= 15 is 0 Å². The monoisotopic (exact) mass is 257 g/mol. The second-order valence-corrected chi connectivity index (χ2v) is 4.89. The molecule has 1 rings (SSSR count). The van der Waals surface area contributed by atoms with Gasteiger partial charge in [-0.3, -0.25) is 4.79 Å². The van der Waals surface area contributed by atoms with Crippen molar-refractivity contribution in [1.82, 2.24) is 0 Å². The van der Waals surface area contributed by atoms with Gasteiger partial charge in [0.25, 0.3) is 5.91 Å². The van der Waals surface area contributed by atoms with Crippen LogP contribution in [-0.2, 0) is 14.3 Å². The van der Waals surface area contributed by atoms with E-state index in [9.17, 15) is 4.79 Å². The summed E-state index contributed by atoms with van der Waals surface area (Å²) in [6.07, 6.45) is 3.59. The van der Waals surface area contributed by atoms with Gasteiger partial charge in [0.05, 0.1) is 6.61 Å². The van der Waals surface area contributed by atoms with Crippen LogP contribution >= 0.6 is 0 Å². The summed E-state index contributed by atoms with van der Waals surface area (Å²) in [5, 5.41) is 8.68. The highest BCUT2D eigenvalue weighted by Crippen LogP contribution is 2.28. The topological polar surface area (TPSA) is 81.8 Å². The number of hydrogen-bond acceptors (Lipinski definition) is 4. The van der Waals surface area contributed by atoms with Crippen LogP contribution in [0.3, 0.4) is 0 Å². The van der Waals surface area contributed by atoms with Gasteiger partial charge in [-0.25, -0.2) is 0 Å². The lowest BCUT2D eigenvalue weighted by atomic mass is 9.90. The van der Waals surface area contributed by atoms with E-state index in [0.717, 1.165) is 12.8 Å². The summed E-state index contributed by atoms with van der Waals surface area (Å²) in [5.74, 6) is 0.298. The lowest BCUT2D eigenvalue weighted by molar-refractivity contribution is -0.149. The van der Waals surface area contributed by atoms with Gasteiger partial charge in [0.2, 0.25) is 6.29 Å². The Hall–Kier alpha value is -1.07. The van der Waals surface area contributed by atoms with Crippen LogP contribution in [0, 0.1) is 11.8 Å². The summed E-state index contributed by atoms with van der Waals surface area (Å²) in [6, 6.07) is 0. The van der Waals surface area contributed by atoms with E-state index in [1.54, 1.807) is 6.08 Å². The smallest absolute Gasteiger partial charge is 0.283 e. The molecule has 1 aliphatic rings. The van der Waals surface area contributed by atoms with Gasteiger partial charge in [-0.1, -0.05) is 13.8 Å². The molecule has 0 fully saturated rings. The standard InChI is InChI=1S/C13H23NO4/c1-9(2)10-7-11(13(14)16)18-12(8-10)17-6-4-3-5-15/h7,9-10,12,15H,3-6,8H2,1-2H3,(H2,14,16)/t10-,12+/m1/s1. The second kappa shape index (κ2) is 7.38. The number of nitrogens with two attached hydrogens (primary N) is 1. The van der Waals surface area contributed by atoms with Crippen LogP contribution in [0.5, 0.6) is 0 Å². The number of unbranched alkanes of at least 4 members (excludes halogenated alkanes) is 1. The quantitative estimate of drug-likeness (QED) is 0.671. The van der Waals surface area contributed by atoms with Crippen molar-refractivity contribution < 1.29 is 19.4 Å². The molecule has 1 amide bonds. The number of allylic oxidation sites excluding steroid dienone is 1. The number of hydrogen-bond donors (Lipinski definition) is 2. The number of aliphatic hydroxyl groups excluding tert-OH is 1. The molecule has 0 saturated carbocycles. The average Bonchev–Trinajstić information content (AvgIpc) is 2.34. The Labute approximate surface area is 108 Å². The number of amides is 1. The first-order valence-corrected chi connectivity index (χ1v) is 6.45. The van der Waals surface area contributed by atoms with Crippen LogP contribution in [-0.4, -0.2) is 30.5 Å². The van der Waals surface area contributed by atoms with E-state index in [0.29, 0.717) is 18.9 Å². The summed E-state index contributed by atoms with van der Waals surface area (Å²) in [5.41, 5.74) is 5.25. The third-order valence-electron chi connectivity index (χ3n) is 3.04. The first-order chi connectivity index (χ1) is 8.54. The number of carbonyl (C=O) groups is 1. The molecule has 5 heteroatoms. The molecule has 1 aliphatic heterocycles. The first-order valence-electron chi connectivity index (χ1n) is 6.45. The molecule has 0 radical (unpaired) electrons. The molecule has 0 unspecified atom stereocenters. The van der Waals surface area contributed by atoms with Crippen LogP contribution in [0.2, 0.25) is 0 Å². The molecule has 5 nitrogen and oxygen atoms in total. The van der Waals surface area contributed by atoms with E-state index in [4.69, 9.17) is 20.3 Å². The number of carbonyl (C=O) groups excluding carboxylic acids is 1. The van der Waals surface area contributed by atoms with Crippen molar-refractivity contribution in [2.45, 2.75) is 39.4 Å². The number of aliphatic hydroxyl groups is 1. The molecular formula is C13H23NO4. The zero-order chi connectivity index (χ0) is 13.5. The highest BCUT2D eigenvalue weighted by atomic mass is 16.7. The Bertz CT molecular complexity index is 301. The van der Waals surface area contributed by atoms with Gasteiger partial charge >= 0.3 is 0 Å². The molecule has 0 spiro atoms. The highest BCUT2D eigenvalue weighted by Gasteiger charge is 2.28. The molecule has 0 aromatic rings. The predicted molar refractivity (Wildman–Crippen MR) is 67.4 cm³/mol. The van der Waals surface area contributed by atoms with E-state index in [-0.39, 0.29) is 18.3 Å². The third kappa shape index (κ3) is 4.66. The average molecular weight is 257 g/mol. The maximum absolute atomic E-state index is 11.2. The fourth-order valence-corrected chi connectivity index (χ4v) is 1.85.